The van der Waals surface area contributed by atoms with E-state index in [2.05, 4.69) is 29.6 Å². The maximum Gasteiger partial charge on any atom is 0.514 e. The van der Waals surface area contributed by atoms with Crippen LogP contribution in [0.2, 0.25) is 0 Å². The largest absolute Gasteiger partial charge is 0.514 e. The molecule has 48 heavy (non-hydrogen) atoms. The normalized spacial score (nSPS) is 11.1. The van der Waals surface area contributed by atoms with Crippen molar-refractivity contribution in [1.29, 1.82) is 0 Å². The fourth-order valence-electron chi connectivity index (χ4n) is 5.78. The van der Waals surface area contributed by atoms with Crippen LogP contribution in [0.15, 0.2) is 120 Å². The molecule has 4 aromatic carbocycles. The van der Waals surface area contributed by atoms with Crippen molar-refractivity contribution in [2.24, 2.45) is 0 Å². The van der Waals surface area contributed by atoms with Gasteiger partial charge in [0.1, 0.15) is 16.3 Å². The third-order valence-corrected chi connectivity index (χ3v) is 9.38. The molecule has 8 nitrogen and oxygen atoms in total. The number of hydrogen-bond acceptors (Lipinski definition) is 8. The van der Waals surface area contributed by atoms with Crippen molar-refractivity contribution in [1.82, 2.24) is 9.88 Å². The van der Waals surface area contributed by atoms with Crippen LogP contribution < -0.4 is 25.0 Å². The molecule has 0 fully saturated rings. The highest BCUT2D eigenvalue weighted by Gasteiger charge is 2.25. The number of hydrogen-bond donors (Lipinski definition) is 1. The van der Waals surface area contributed by atoms with Gasteiger partial charge in [-0.15, -0.1) is 11.3 Å². The number of aromatic nitrogens is 1. The number of fused-ring (bicyclic) bond motifs is 1. The fraction of sp³-hybridized carbons (Fsp3) is 0.179. The summed E-state index contributed by atoms with van der Waals surface area (Å²) < 4.78 is 23.6. The second kappa shape index (κ2) is 15.0. The quantitative estimate of drug-likeness (QED) is 0.132. The van der Waals surface area contributed by atoms with Crippen LogP contribution in [-0.4, -0.2) is 31.5 Å². The highest BCUT2D eigenvalue weighted by molar-refractivity contribution is 7.22. The lowest BCUT2D eigenvalue weighted by Crippen LogP contribution is -2.23. The van der Waals surface area contributed by atoms with Crippen molar-refractivity contribution in [2.45, 2.75) is 26.1 Å². The second-order valence-electron chi connectivity index (χ2n) is 11.0. The van der Waals surface area contributed by atoms with E-state index in [0.29, 0.717) is 24.2 Å². The van der Waals surface area contributed by atoms with Crippen molar-refractivity contribution in [3.8, 4) is 27.7 Å². The molecule has 0 aliphatic heterocycles. The molecule has 0 bridgehead atoms. The van der Waals surface area contributed by atoms with Crippen LogP contribution in [0.4, 0.5) is 4.79 Å². The van der Waals surface area contributed by atoms with Crippen molar-refractivity contribution in [2.75, 3.05) is 20.8 Å². The van der Waals surface area contributed by atoms with Crippen LogP contribution in [-0.2, 0) is 17.8 Å². The summed E-state index contributed by atoms with van der Waals surface area (Å²) in [6.45, 7) is 2.52. The van der Waals surface area contributed by atoms with Gasteiger partial charge in [0.15, 0.2) is 5.75 Å². The van der Waals surface area contributed by atoms with Gasteiger partial charge in [-0.05, 0) is 59.5 Å². The second-order valence-corrected chi connectivity index (χ2v) is 12.0. The average molecular weight is 661 g/mol. The van der Waals surface area contributed by atoms with Crippen LogP contribution in [0, 0.1) is 0 Å². The van der Waals surface area contributed by atoms with Gasteiger partial charge < -0.3 is 28.8 Å². The molecule has 0 aliphatic carbocycles. The smallest absolute Gasteiger partial charge is 0.497 e. The molecule has 0 atom stereocenters. The summed E-state index contributed by atoms with van der Waals surface area (Å²) in [4.78, 5) is 28.5. The number of carbonyl (C=O) groups is 1. The summed E-state index contributed by atoms with van der Waals surface area (Å²) in [6, 6.07) is 35.8. The molecule has 0 unspecified atom stereocenters. The van der Waals surface area contributed by atoms with E-state index in [1.807, 2.05) is 89.5 Å². The molecule has 1 N–H and O–H groups in total. The van der Waals surface area contributed by atoms with Gasteiger partial charge in [-0.2, -0.15) is 0 Å². The van der Waals surface area contributed by atoms with Crippen molar-refractivity contribution in [3.63, 3.8) is 0 Å². The predicted molar refractivity (Wildman–Crippen MR) is 189 cm³/mol. The van der Waals surface area contributed by atoms with E-state index >= 15 is 0 Å². The molecule has 9 heteroatoms. The maximum absolute atomic E-state index is 14.3. The Kier molecular flexibility index (Phi) is 10.2. The molecule has 2 heterocycles. The molecule has 0 amide bonds. The Hall–Kier alpha value is -5.38. The molecule has 6 aromatic rings. The van der Waals surface area contributed by atoms with Crippen molar-refractivity contribution < 1.29 is 23.7 Å². The van der Waals surface area contributed by atoms with Crippen LogP contribution in [0.1, 0.15) is 35.2 Å². The lowest BCUT2D eigenvalue weighted by molar-refractivity contribution is 0.104. The van der Waals surface area contributed by atoms with Gasteiger partial charge in [0.05, 0.1) is 45.0 Å². The van der Waals surface area contributed by atoms with E-state index in [1.165, 1.54) is 11.3 Å². The third kappa shape index (κ3) is 6.97. The summed E-state index contributed by atoms with van der Waals surface area (Å²) in [5, 5.41) is 4.22. The molecule has 0 aliphatic rings. The molecule has 0 saturated carbocycles. The minimum atomic E-state index is -0.934. The van der Waals surface area contributed by atoms with E-state index in [0.717, 1.165) is 43.3 Å². The number of ether oxygens (including phenoxy) is 4. The monoisotopic (exact) mass is 660 g/mol. The van der Waals surface area contributed by atoms with Gasteiger partial charge in [0, 0.05) is 17.0 Å². The van der Waals surface area contributed by atoms with Crippen LogP contribution in [0.5, 0.6) is 17.2 Å². The first-order valence-corrected chi connectivity index (χ1v) is 16.4. The standard InChI is InChI=1S/C39H36N2O6S/c1-4-46-39(43)47-33-25-41(24-29-17-11-12-18-32(29)45-3)38-34(36(33)42)31(37(48-38)28-19-21-30(44-2)22-20-28)23-40-35(26-13-7-5-8-14-26)27-15-9-6-10-16-27/h5-22,25,35,40H,4,23-24H2,1-3H3. The van der Waals surface area contributed by atoms with E-state index < -0.39 is 11.6 Å². The van der Waals surface area contributed by atoms with E-state index in [9.17, 15) is 9.59 Å². The van der Waals surface area contributed by atoms with Gasteiger partial charge >= 0.3 is 6.16 Å². The maximum atomic E-state index is 14.3. The van der Waals surface area contributed by atoms with E-state index in [4.69, 9.17) is 18.9 Å². The molecule has 2 aromatic heterocycles. The number of thiophene rings is 1. The summed E-state index contributed by atoms with van der Waals surface area (Å²) in [6.07, 6.45) is 0.646. The van der Waals surface area contributed by atoms with Crippen LogP contribution in [0.25, 0.3) is 20.7 Å². The number of carbonyl (C=O) groups excluding carboxylic acids is 1. The number of para-hydroxylation sites is 1. The molecular weight excluding hydrogens is 625 g/mol. The number of methoxy groups -OCH3 is 2. The zero-order valence-corrected chi connectivity index (χ0v) is 27.8. The highest BCUT2D eigenvalue weighted by Crippen LogP contribution is 2.40. The first kappa shape index (κ1) is 32.6. The number of rotatable bonds is 12. The molecule has 0 spiro atoms. The number of benzene rings is 4. The minimum Gasteiger partial charge on any atom is -0.497 e. The highest BCUT2D eigenvalue weighted by atomic mass is 32.1. The summed E-state index contributed by atoms with van der Waals surface area (Å²) >= 11 is 1.51. The molecule has 0 radical (unpaired) electrons. The first-order chi connectivity index (χ1) is 23.5. The Balaban J connectivity index is 1.55. The van der Waals surface area contributed by atoms with Crippen LogP contribution in [0.3, 0.4) is 0 Å². The molecule has 6 rings (SSSR count). The van der Waals surface area contributed by atoms with E-state index in [-0.39, 0.29) is 18.4 Å². The molecular formula is C39H36N2O6S. The van der Waals surface area contributed by atoms with Gasteiger partial charge in [-0.1, -0.05) is 78.9 Å². The topological polar surface area (TPSA) is 88.0 Å². The number of pyridine rings is 1. The summed E-state index contributed by atoms with van der Waals surface area (Å²) in [5.41, 5.74) is 4.42. The first-order valence-electron chi connectivity index (χ1n) is 15.6. The molecule has 0 saturated heterocycles. The fourth-order valence-corrected chi connectivity index (χ4v) is 7.08. The van der Waals surface area contributed by atoms with Gasteiger partial charge in [0.2, 0.25) is 5.43 Å². The average Bonchev–Trinajstić information content (AvgIpc) is 3.51. The Labute approximate surface area is 283 Å². The Bertz CT molecular complexity index is 2020. The van der Waals surface area contributed by atoms with Gasteiger partial charge in [0.25, 0.3) is 0 Å². The summed E-state index contributed by atoms with van der Waals surface area (Å²) in [7, 11) is 3.26. The Morgan fingerprint density at radius 2 is 1.46 bits per heavy atom. The van der Waals surface area contributed by atoms with Crippen molar-refractivity contribution in [3.05, 3.63) is 148 Å². The zero-order chi connectivity index (χ0) is 33.5. The number of nitrogens with one attached hydrogen (secondary N) is 1. The predicted octanol–water partition coefficient (Wildman–Crippen LogP) is 8.21. The lowest BCUT2D eigenvalue weighted by atomic mass is 9.98. The molecule has 244 valence electrons. The zero-order valence-electron chi connectivity index (χ0n) is 27.0. The minimum absolute atomic E-state index is 0.112. The van der Waals surface area contributed by atoms with Crippen LogP contribution >= 0.6 is 11.3 Å². The van der Waals surface area contributed by atoms with Gasteiger partial charge in [-0.3, -0.25) is 4.79 Å². The SMILES string of the molecule is CCOC(=O)Oc1cn(Cc2ccccc2OC)c2sc(-c3ccc(OC)cc3)c(CNC(c3ccccc3)c3ccccc3)c2c1=O. The Morgan fingerprint density at radius 3 is 2.08 bits per heavy atom. The van der Waals surface area contributed by atoms with Gasteiger partial charge in [-0.25, -0.2) is 4.79 Å². The lowest BCUT2D eigenvalue weighted by Gasteiger charge is -2.20. The third-order valence-electron chi connectivity index (χ3n) is 8.06. The van der Waals surface area contributed by atoms with Crippen molar-refractivity contribution >= 4 is 27.7 Å². The number of nitrogens with zero attached hydrogens (tertiary/aromatic N) is 1. The summed E-state index contributed by atoms with van der Waals surface area (Å²) in [5.74, 6) is 1.33. The Morgan fingerprint density at radius 1 is 0.812 bits per heavy atom. The van der Waals surface area contributed by atoms with E-state index in [1.54, 1.807) is 27.3 Å².